The average molecular weight is 258 g/mol. The van der Waals surface area contributed by atoms with E-state index in [2.05, 4.69) is 5.32 Å². The molecule has 0 radical (unpaired) electrons. The first-order valence-corrected chi connectivity index (χ1v) is 5.62. The van der Waals surface area contributed by atoms with E-state index < -0.39 is 11.7 Å². The first-order chi connectivity index (χ1) is 9.11. The summed E-state index contributed by atoms with van der Waals surface area (Å²) in [5, 5.41) is 11.2. The number of carbonyl (C=O) groups is 1. The molecule has 0 atom stereocenters. The van der Waals surface area contributed by atoms with Gasteiger partial charge in [-0.1, -0.05) is 6.07 Å². The number of hydrogen-bond acceptors (Lipinski definition) is 3. The molecule has 0 fully saturated rings. The van der Waals surface area contributed by atoms with Crippen molar-refractivity contribution in [3.63, 3.8) is 0 Å². The third-order valence-electron chi connectivity index (χ3n) is 2.69. The summed E-state index contributed by atoms with van der Waals surface area (Å²) in [6, 6.07) is 7.64. The number of benzene rings is 1. The van der Waals surface area contributed by atoms with Gasteiger partial charge >= 0.3 is 0 Å². The van der Waals surface area contributed by atoms with Gasteiger partial charge in [0.05, 0.1) is 17.9 Å². The van der Waals surface area contributed by atoms with Crippen LogP contribution in [-0.2, 0) is 6.54 Å². The molecule has 0 saturated heterocycles. The molecule has 96 valence electrons. The largest absolute Gasteiger partial charge is 0.459 e. The van der Waals surface area contributed by atoms with Gasteiger partial charge in [-0.15, -0.1) is 0 Å². The number of nitrogens with zero attached hydrogens (tertiary/aromatic N) is 1. The maximum absolute atomic E-state index is 13.6. The van der Waals surface area contributed by atoms with Crippen LogP contribution in [0.5, 0.6) is 0 Å². The number of rotatable bonds is 3. The Morgan fingerprint density at radius 3 is 2.84 bits per heavy atom. The number of carbonyl (C=O) groups excluding carboxylic acids is 1. The molecule has 0 spiro atoms. The fourth-order valence-corrected chi connectivity index (χ4v) is 1.62. The Morgan fingerprint density at radius 1 is 1.47 bits per heavy atom. The second-order valence-electron chi connectivity index (χ2n) is 4.03. The van der Waals surface area contributed by atoms with Crippen LogP contribution < -0.4 is 5.32 Å². The van der Waals surface area contributed by atoms with Gasteiger partial charge in [-0.3, -0.25) is 4.79 Å². The molecule has 0 aliphatic rings. The molecule has 5 heteroatoms. The maximum atomic E-state index is 13.6. The van der Waals surface area contributed by atoms with E-state index in [1.807, 2.05) is 6.07 Å². The Labute approximate surface area is 109 Å². The molecule has 1 amide bonds. The zero-order valence-corrected chi connectivity index (χ0v) is 10.2. The summed E-state index contributed by atoms with van der Waals surface area (Å²) in [7, 11) is 0. The predicted octanol–water partition coefficient (Wildman–Crippen LogP) is 2.53. The van der Waals surface area contributed by atoms with Crippen molar-refractivity contribution in [3.05, 3.63) is 58.8 Å². The van der Waals surface area contributed by atoms with Crippen molar-refractivity contribution < 1.29 is 13.6 Å². The van der Waals surface area contributed by atoms with Crippen molar-refractivity contribution in [2.24, 2.45) is 0 Å². The second kappa shape index (κ2) is 5.36. The highest BCUT2D eigenvalue weighted by Gasteiger charge is 2.13. The molecular weight excluding hydrogens is 247 g/mol. The van der Waals surface area contributed by atoms with Gasteiger partial charge in [0.15, 0.2) is 5.76 Å². The Morgan fingerprint density at radius 2 is 2.26 bits per heavy atom. The van der Waals surface area contributed by atoms with Crippen LogP contribution in [0.2, 0.25) is 0 Å². The Kier molecular flexibility index (Phi) is 3.62. The van der Waals surface area contributed by atoms with Crippen LogP contribution in [0.15, 0.2) is 34.9 Å². The fourth-order valence-electron chi connectivity index (χ4n) is 1.62. The Balaban J connectivity index is 2.06. The van der Waals surface area contributed by atoms with E-state index in [-0.39, 0.29) is 17.9 Å². The second-order valence-corrected chi connectivity index (χ2v) is 4.03. The highest BCUT2D eigenvalue weighted by Crippen LogP contribution is 2.11. The van der Waals surface area contributed by atoms with E-state index in [4.69, 9.17) is 9.68 Å². The smallest absolute Gasteiger partial charge is 0.287 e. The molecule has 1 N–H and O–H groups in total. The number of hydrogen-bond donors (Lipinski definition) is 1. The minimum atomic E-state index is -0.518. The summed E-state index contributed by atoms with van der Waals surface area (Å²) < 4.78 is 18.6. The lowest BCUT2D eigenvalue weighted by Gasteiger charge is -2.05. The lowest BCUT2D eigenvalue weighted by Crippen LogP contribution is -2.23. The molecule has 0 saturated carbocycles. The molecule has 19 heavy (non-hydrogen) atoms. The van der Waals surface area contributed by atoms with Gasteiger partial charge in [0.2, 0.25) is 0 Å². The highest BCUT2D eigenvalue weighted by atomic mass is 19.1. The van der Waals surface area contributed by atoms with E-state index in [9.17, 15) is 9.18 Å². The lowest BCUT2D eigenvalue weighted by molar-refractivity contribution is 0.0922. The van der Waals surface area contributed by atoms with E-state index in [0.29, 0.717) is 5.56 Å². The van der Waals surface area contributed by atoms with Gasteiger partial charge < -0.3 is 9.73 Å². The van der Waals surface area contributed by atoms with Gasteiger partial charge in [0, 0.05) is 17.7 Å². The quantitative estimate of drug-likeness (QED) is 0.919. The molecule has 0 aliphatic carbocycles. The van der Waals surface area contributed by atoms with Crippen molar-refractivity contribution in [3.8, 4) is 6.07 Å². The van der Waals surface area contributed by atoms with Crippen LogP contribution in [0.1, 0.15) is 27.2 Å². The highest BCUT2D eigenvalue weighted by molar-refractivity contribution is 5.92. The standard InChI is InChI=1S/C14H11FN2O2/c1-9-4-5-19-13(9)14(18)17-8-11-3-2-10(7-16)6-12(11)15/h2-6H,8H2,1H3,(H,17,18). The van der Waals surface area contributed by atoms with E-state index >= 15 is 0 Å². The van der Waals surface area contributed by atoms with Crippen molar-refractivity contribution in [2.75, 3.05) is 0 Å². The zero-order chi connectivity index (χ0) is 13.8. The maximum Gasteiger partial charge on any atom is 0.287 e. The SMILES string of the molecule is Cc1ccoc1C(=O)NCc1ccc(C#N)cc1F. The van der Waals surface area contributed by atoms with Crippen LogP contribution >= 0.6 is 0 Å². The average Bonchev–Trinajstić information content (AvgIpc) is 2.83. The summed E-state index contributed by atoms with van der Waals surface area (Å²) in [6.45, 7) is 1.79. The number of halogens is 1. The first kappa shape index (κ1) is 12.8. The molecule has 0 unspecified atom stereocenters. The fraction of sp³-hybridized carbons (Fsp3) is 0.143. The number of nitrogens with one attached hydrogen (secondary N) is 1. The summed E-state index contributed by atoms with van der Waals surface area (Å²) in [6.07, 6.45) is 1.42. The van der Waals surface area contributed by atoms with Crippen molar-refractivity contribution in [1.82, 2.24) is 5.32 Å². The molecule has 2 rings (SSSR count). The normalized spacial score (nSPS) is 9.95. The molecule has 0 bridgehead atoms. The zero-order valence-electron chi connectivity index (χ0n) is 10.2. The minimum absolute atomic E-state index is 0.0382. The number of aryl methyl sites for hydroxylation is 1. The van der Waals surface area contributed by atoms with Crippen LogP contribution in [0.4, 0.5) is 4.39 Å². The van der Waals surface area contributed by atoms with Crippen molar-refractivity contribution in [1.29, 1.82) is 5.26 Å². The number of furan rings is 1. The van der Waals surface area contributed by atoms with Gasteiger partial charge in [-0.05, 0) is 25.1 Å². The molecule has 1 aromatic carbocycles. The van der Waals surface area contributed by atoms with Crippen LogP contribution in [0, 0.1) is 24.1 Å². The summed E-state index contributed by atoms with van der Waals surface area (Å²) in [5.74, 6) is -0.698. The summed E-state index contributed by atoms with van der Waals surface area (Å²) in [4.78, 5) is 11.8. The number of nitriles is 1. The molecule has 1 aromatic heterocycles. The van der Waals surface area contributed by atoms with Gasteiger partial charge in [-0.2, -0.15) is 5.26 Å². The van der Waals surface area contributed by atoms with Gasteiger partial charge in [-0.25, -0.2) is 4.39 Å². The molecule has 4 nitrogen and oxygen atoms in total. The third-order valence-corrected chi connectivity index (χ3v) is 2.69. The number of amides is 1. The Hall–Kier alpha value is -2.61. The summed E-state index contributed by atoms with van der Waals surface area (Å²) in [5.41, 5.74) is 1.28. The first-order valence-electron chi connectivity index (χ1n) is 5.62. The lowest BCUT2D eigenvalue weighted by atomic mass is 10.1. The van der Waals surface area contributed by atoms with Crippen LogP contribution in [-0.4, -0.2) is 5.91 Å². The minimum Gasteiger partial charge on any atom is -0.459 e. The van der Waals surface area contributed by atoms with Crippen LogP contribution in [0.25, 0.3) is 0 Å². The predicted molar refractivity (Wildman–Crippen MR) is 65.7 cm³/mol. The molecular formula is C14H11FN2O2. The van der Waals surface area contributed by atoms with E-state index in [0.717, 1.165) is 11.6 Å². The molecule has 0 aliphatic heterocycles. The Bertz CT molecular complexity index is 656. The molecule has 2 aromatic rings. The monoisotopic (exact) mass is 258 g/mol. The topological polar surface area (TPSA) is 66.0 Å². The van der Waals surface area contributed by atoms with Crippen molar-refractivity contribution >= 4 is 5.91 Å². The third kappa shape index (κ3) is 2.80. The van der Waals surface area contributed by atoms with E-state index in [1.54, 1.807) is 13.0 Å². The van der Waals surface area contributed by atoms with E-state index in [1.165, 1.54) is 18.4 Å². The van der Waals surface area contributed by atoms with Gasteiger partial charge in [0.1, 0.15) is 5.82 Å². The van der Waals surface area contributed by atoms with Gasteiger partial charge in [0.25, 0.3) is 5.91 Å². The van der Waals surface area contributed by atoms with Crippen molar-refractivity contribution in [2.45, 2.75) is 13.5 Å². The summed E-state index contributed by atoms with van der Waals surface area (Å²) >= 11 is 0. The molecule has 1 heterocycles. The van der Waals surface area contributed by atoms with Crippen LogP contribution in [0.3, 0.4) is 0 Å².